The van der Waals surface area contributed by atoms with Crippen LogP contribution in [0.4, 0.5) is 11.4 Å². The van der Waals surface area contributed by atoms with Crippen molar-refractivity contribution in [3.05, 3.63) is 95.2 Å². The van der Waals surface area contributed by atoms with Gasteiger partial charge in [-0.1, -0.05) is 50.3 Å². The van der Waals surface area contributed by atoms with Gasteiger partial charge in [0.1, 0.15) is 6.54 Å². The molecule has 2 heterocycles. The molecule has 2 aromatic carbocycles. The number of benzene rings is 2. The molecule has 0 saturated heterocycles. The quantitative estimate of drug-likeness (QED) is 0.163. The summed E-state index contributed by atoms with van der Waals surface area (Å²) < 4.78 is 65.9. The predicted molar refractivity (Wildman–Crippen MR) is 171 cm³/mol. The smallest absolute Gasteiger partial charge is 0.335 e. The van der Waals surface area contributed by atoms with Crippen molar-refractivity contribution in [2.45, 2.75) is 51.4 Å². The van der Waals surface area contributed by atoms with Crippen LogP contribution < -0.4 is 4.90 Å². The van der Waals surface area contributed by atoms with Gasteiger partial charge >= 0.3 is 5.97 Å². The number of nitrogens with zero attached hydrogens (tertiary/aromatic N) is 2. The SMILES string of the molecule is CC1(C)C(/C=C/C=C/C=C2/N(CCCS(=O)(=O)O)c3ccccc3C2(C)C)=[N+](CCCS(=O)(=O)O)c2ccc(C(=O)O)cc21. The van der Waals surface area contributed by atoms with E-state index < -0.39 is 37.4 Å². The Bertz CT molecular complexity index is 1800. The summed E-state index contributed by atoms with van der Waals surface area (Å²) in [5.74, 6) is -1.76. The van der Waals surface area contributed by atoms with Crippen LogP contribution in [0.5, 0.6) is 0 Å². The molecule has 0 aliphatic carbocycles. The van der Waals surface area contributed by atoms with Crippen molar-refractivity contribution < 1.29 is 40.4 Å². The third kappa shape index (κ3) is 7.20. The zero-order chi connectivity index (χ0) is 32.5. The van der Waals surface area contributed by atoms with Crippen LogP contribution in [0.1, 0.15) is 62.0 Å². The number of allylic oxidation sites excluding steroid dienone is 6. The molecule has 2 aliphatic rings. The van der Waals surface area contributed by atoms with Crippen LogP contribution in [0, 0.1) is 0 Å². The molecule has 0 aromatic heterocycles. The van der Waals surface area contributed by atoms with E-state index in [1.807, 2.05) is 67.0 Å². The zero-order valence-electron chi connectivity index (χ0n) is 25.3. The number of fused-ring (bicyclic) bond motifs is 2. The summed E-state index contributed by atoms with van der Waals surface area (Å²) in [4.78, 5) is 13.7. The van der Waals surface area contributed by atoms with Crippen LogP contribution in [0.15, 0.2) is 78.5 Å². The van der Waals surface area contributed by atoms with Crippen LogP contribution in [-0.4, -0.2) is 71.9 Å². The molecular formula is C32H39N2O8S2+. The number of hydrogen-bond donors (Lipinski definition) is 3. The fraction of sp³-hybridized carbons (Fsp3) is 0.375. The molecule has 236 valence electrons. The molecule has 0 unspecified atom stereocenters. The summed E-state index contributed by atoms with van der Waals surface area (Å²) in [6.07, 6.45) is 9.98. The lowest BCUT2D eigenvalue weighted by molar-refractivity contribution is -0.437. The minimum atomic E-state index is -4.13. The first-order valence-electron chi connectivity index (χ1n) is 14.3. The van der Waals surface area contributed by atoms with E-state index >= 15 is 0 Å². The highest BCUT2D eigenvalue weighted by Gasteiger charge is 2.44. The number of aromatic carboxylic acids is 1. The first-order chi connectivity index (χ1) is 20.4. The van der Waals surface area contributed by atoms with Crippen LogP contribution in [0.2, 0.25) is 0 Å². The molecule has 0 bridgehead atoms. The van der Waals surface area contributed by atoms with Gasteiger partial charge in [0.2, 0.25) is 5.69 Å². The largest absolute Gasteiger partial charge is 0.478 e. The number of carbonyl (C=O) groups is 1. The first kappa shape index (κ1) is 33.3. The number of carboxylic acid groups (broad SMARTS) is 1. The highest BCUT2D eigenvalue weighted by Crippen LogP contribution is 2.47. The number of hydrogen-bond acceptors (Lipinski definition) is 6. The van der Waals surface area contributed by atoms with Gasteiger partial charge in [0.25, 0.3) is 20.2 Å². The molecule has 0 atom stereocenters. The molecule has 0 fully saturated rings. The highest BCUT2D eigenvalue weighted by atomic mass is 32.2. The van der Waals surface area contributed by atoms with Crippen molar-refractivity contribution in [3.8, 4) is 0 Å². The van der Waals surface area contributed by atoms with Gasteiger partial charge in [0.05, 0.1) is 22.5 Å². The molecule has 3 N–H and O–H groups in total. The van der Waals surface area contributed by atoms with Gasteiger partial charge in [0, 0.05) is 47.5 Å². The highest BCUT2D eigenvalue weighted by molar-refractivity contribution is 7.86. The second kappa shape index (κ2) is 12.4. The maximum absolute atomic E-state index is 11.7. The Morgan fingerprint density at radius 2 is 1.52 bits per heavy atom. The topological polar surface area (TPSA) is 152 Å². The lowest BCUT2D eigenvalue weighted by Crippen LogP contribution is -2.28. The number of para-hydroxylation sites is 1. The van der Waals surface area contributed by atoms with Crippen LogP contribution in [0.3, 0.4) is 0 Å². The van der Waals surface area contributed by atoms with Crippen molar-refractivity contribution in [3.63, 3.8) is 0 Å². The van der Waals surface area contributed by atoms with Gasteiger partial charge in [-0.2, -0.15) is 21.4 Å². The van der Waals surface area contributed by atoms with E-state index in [0.717, 1.165) is 33.9 Å². The van der Waals surface area contributed by atoms with Crippen molar-refractivity contribution in [2.24, 2.45) is 0 Å². The fourth-order valence-electron chi connectivity index (χ4n) is 6.10. The van der Waals surface area contributed by atoms with Crippen LogP contribution >= 0.6 is 0 Å². The molecule has 0 radical (unpaired) electrons. The average molecular weight is 644 g/mol. The Morgan fingerprint density at radius 1 is 0.864 bits per heavy atom. The van der Waals surface area contributed by atoms with Crippen LogP contribution in [-0.2, 0) is 31.1 Å². The first-order valence-corrected chi connectivity index (χ1v) is 17.5. The molecule has 12 heteroatoms. The van der Waals surface area contributed by atoms with E-state index in [-0.39, 0.29) is 29.6 Å². The van der Waals surface area contributed by atoms with Gasteiger partial charge in [-0.3, -0.25) is 9.11 Å². The van der Waals surface area contributed by atoms with Gasteiger partial charge in [-0.15, -0.1) is 0 Å². The van der Waals surface area contributed by atoms with E-state index in [1.54, 1.807) is 12.1 Å². The maximum atomic E-state index is 11.7. The minimum absolute atomic E-state index is 0.160. The van der Waals surface area contributed by atoms with Gasteiger partial charge in [-0.25, -0.2) is 4.79 Å². The number of rotatable bonds is 12. The lowest BCUT2D eigenvalue weighted by atomic mass is 9.81. The normalized spacial score (nSPS) is 18.5. The molecule has 4 rings (SSSR count). The maximum Gasteiger partial charge on any atom is 0.335 e. The Kier molecular flexibility index (Phi) is 9.41. The minimum Gasteiger partial charge on any atom is -0.478 e. The number of carboxylic acids is 1. The molecular weight excluding hydrogens is 604 g/mol. The number of anilines is 1. The predicted octanol–water partition coefficient (Wildman–Crippen LogP) is 5.11. The summed E-state index contributed by atoms with van der Waals surface area (Å²) in [5.41, 5.74) is 4.76. The van der Waals surface area contributed by atoms with E-state index in [0.29, 0.717) is 13.1 Å². The summed E-state index contributed by atoms with van der Waals surface area (Å²) in [7, 11) is -8.21. The van der Waals surface area contributed by atoms with Crippen LogP contribution in [0.25, 0.3) is 0 Å². The Labute approximate surface area is 259 Å². The molecule has 2 aliphatic heterocycles. The summed E-state index contributed by atoms with van der Waals surface area (Å²) in [6.45, 7) is 8.89. The summed E-state index contributed by atoms with van der Waals surface area (Å²) >= 11 is 0. The second-order valence-corrected chi connectivity index (χ2v) is 15.2. The molecule has 10 nitrogen and oxygen atoms in total. The second-order valence-electron chi connectivity index (χ2n) is 12.1. The van der Waals surface area contributed by atoms with Crippen molar-refractivity contribution >= 4 is 43.3 Å². The molecule has 0 spiro atoms. The third-order valence-corrected chi connectivity index (χ3v) is 9.85. The molecule has 2 aromatic rings. The third-order valence-electron chi connectivity index (χ3n) is 8.24. The molecule has 0 saturated carbocycles. The van der Waals surface area contributed by atoms with E-state index in [2.05, 4.69) is 24.8 Å². The van der Waals surface area contributed by atoms with Gasteiger partial charge < -0.3 is 10.0 Å². The van der Waals surface area contributed by atoms with E-state index in [4.69, 9.17) is 0 Å². The average Bonchev–Trinajstić information content (AvgIpc) is 3.26. The monoisotopic (exact) mass is 643 g/mol. The summed E-state index contributed by atoms with van der Waals surface area (Å²) in [5, 5.41) is 9.55. The fourth-order valence-corrected chi connectivity index (χ4v) is 7.09. The van der Waals surface area contributed by atoms with Gasteiger partial charge in [0.15, 0.2) is 5.71 Å². The Hall–Kier alpha value is -3.58. The molecule has 44 heavy (non-hydrogen) atoms. The summed E-state index contributed by atoms with van der Waals surface area (Å²) in [6, 6.07) is 12.9. The van der Waals surface area contributed by atoms with Crippen molar-refractivity contribution in [1.29, 1.82) is 0 Å². The van der Waals surface area contributed by atoms with E-state index in [1.165, 1.54) is 6.07 Å². The van der Waals surface area contributed by atoms with Crippen molar-refractivity contribution in [1.82, 2.24) is 0 Å². The Morgan fingerprint density at radius 3 is 2.18 bits per heavy atom. The molecule has 0 amide bonds. The van der Waals surface area contributed by atoms with Crippen molar-refractivity contribution in [2.75, 3.05) is 29.5 Å². The standard InChI is InChI=1S/C32H38N2O8S2/c1-31(2)24-12-8-9-13-26(24)33(18-10-20-43(37,38)39)28(31)14-6-5-7-15-29-32(3,4)25-22-23(30(35)36)16-17-27(25)34(29)19-11-21-44(40,41)42/h5-9,12-17,22H,10-11,18-21H2,1-4H3,(H2-,35,36,37,38,39,40,41,42)/p+1. The lowest BCUT2D eigenvalue weighted by Gasteiger charge is -2.27. The van der Waals surface area contributed by atoms with E-state index in [9.17, 15) is 35.8 Å². The zero-order valence-corrected chi connectivity index (χ0v) is 26.9. The Balaban J connectivity index is 1.64. The van der Waals surface area contributed by atoms with Gasteiger partial charge in [-0.05, 0) is 50.1 Å².